The van der Waals surface area contributed by atoms with Crippen LogP contribution in [0.3, 0.4) is 0 Å². The third kappa shape index (κ3) is 4.59. The van der Waals surface area contributed by atoms with Crippen molar-refractivity contribution in [1.82, 2.24) is 0 Å². The van der Waals surface area contributed by atoms with Crippen LogP contribution < -0.4 is 0 Å². The van der Waals surface area contributed by atoms with Crippen molar-refractivity contribution >= 4 is 0 Å². The summed E-state index contributed by atoms with van der Waals surface area (Å²) >= 11 is 0. The fourth-order valence-corrected chi connectivity index (χ4v) is 3.28. The first kappa shape index (κ1) is 15.0. The molecule has 0 aromatic rings. The SMILES string of the molecule is CCCCC1CC(CO)CC(CCCC)C1O. The van der Waals surface area contributed by atoms with E-state index >= 15 is 0 Å². The minimum atomic E-state index is -0.115. The van der Waals surface area contributed by atoms with Gasteiger partial charge in [-0.2, -0.15) is 0 Å². The summed E-state index contributed by atoms with van der Waals surface area (Å²) < 4.78 is 0. The zero-order valence-electron chi connectivity index (χ0n) is 11.6. The van der Waals surface area contributed by atoms with Crippen molar-refractivity contribution in [3.63, 3.8) is 0 Å². The normalized spacial score (nSPS) is 33.9. The Morgan fingerprint density at radius 3 is 1.76 bits per heavy atom. The third-order valence-electron chi connectivity index (χ3n) is 4.35. The first-order valence-corrected chi connectivity index (χ1v) is 7.51. The number of rotatable bonds is 7. The lowest BCUT2D eigenvalue weighted by Crippen LogP contribution is -2.38. The number of hydrogen-bond donors (Lipinski definition) is 2. The van der Waals surface area contributed by atoms with E-state index in [1.807, 2.05) is 0 Å². The van der Waals surface area contributed by atoms with Crippen LogP contribution in [0.4, 0.5) is 0 Å². The standard InChI is InChI=1S/C15H30O2/c1-3-5-7-13-9-12(11-16)10-14(15(13)17)8-6-4-2/h12-17H,3-11H2,1-2H3. The molecular weight excluding hydrogens is 212 g/mol. The molecule has 0 spiro atoms. The average molecular weight is 242 g/mol. The van der Waals surface area contributed by atoms with Crippen LogP contribution >= 0.6 is 0 Å². The van der Waals surface area contributed by atoms with Crippen LogP contribution in [-0.2, 0) is 0 Å². The van der Waals surface area contributed by atoms with E-state index in [1.165, 1.54) is 25.7 Å². The molecule has 102 valence electrons. The Morgan fingerprint density at radius 2 is 1.41 bits per heavy atom. The van der Waals surface area contributed by atoms with Crippen LogP contribution in [0.25, 0.3) is 0 Å². The molecule has 2 unspecified atom stereocenters. The lowest BCUT2D eigenvalue weighted by Gasteiger charge is -2.39. The molecule has 1 fully saturated rings. The summed E-state index contributed by atoms with van der Waals surface area (Å²) in [6.45, 7) is 4.71. The predicted octanol–water partition coefficient (Wildman–Crippen LogP) is 3.36. The van der Waals surface area contributed by atoms with Crippen LogP contribution in [0, 0.1) is 17.8 Å². The summed E-state index contributed by atoms with van der Waals surface area (Å²) in [4.78, 5) is 0. The Morgan fingerprint density at radius 1 is 0.941 bits per heavy atom. The van der Waals surface area contributed by atoms with Crippen LogP contribution in [-0.4, -0.2) is 22.9 Å². The highest BCUT2D eigenvalue weighted by molar-refractivity contribution is 4.85. The van der Waals surface area contributed by atoms with Crippen molar-refractivity contribution in [2.45, 2.75) is 71.3 Å². The van der Waals surface area contributed by atoms with E-state index in [0.717, 1.165) is 25.7 Å². The maximum Gasteiger partial charge on any atom is 0.0596 e. The third-order valence-corrected chi connectivity index (χ3v) is 4.35. The second kappa shape index (κ2) is 8.10. The molecule has 2 atom stereocenters. The smallest absolute Gasteiger partial charge is 0.0596 e. The molecule has 0 aliphatic heterocycles. The minimum Gasteiger partial charge on any atom is -0.396 e. The molecule has 1 saturated carbocycles. The van der Waals surface area contributed by atoms with Gasteiger partial charge >= 0.3 is 0 Å². The van der Waals surface area contributed by atoms with Crippen molar-refractivity contribution in [3.8, 4) is 0 Å². The van der Waals surface area contributed by atoms with Gasteiger partial charge in [0, 0.05) is 6.61 Å². The quantitative estimate of drug-likeness (QED) is 0.718. The molecule has 0 saturated heterocycles. The molecule has 0 amide bonds. The van der Waals surface area contributed by atoms with Gasteiger partial charge in [-0.1, -0.05) is 39.5 Å². The van der Waals surface area contributed by atoms with Crippen LogP contribution in [0.1, 0.15) is 65.2 Å². The Kier molecular flexibility index (Phi) is 7.14. The molecule has 0 heterocycles. The molecule has 1 aliphatic rings. The average Bonchev–Trinajstić information content (AvgIpc) is 2.36. The summed E-state index contributed by atoms with van der Waals surface area (Å²) in [6, 6.07) is 0. The highest BCUT2D eigenvalue weighted by atomic mass is 16.3. The lowest BCUT2D eigenvalue weighted by molar-refractivity contribution is -0.0227. The van der Waals surface area contributed by atoms with Gasteiger partial charge in [-0.05, 0) is 43.4 Å². The second-order valence-corrected chi connectivity index (χ2v) is 5.82. The number of aliphatic hydroxyl groups excluding tert-OH is 2. The highest BCUT2D eigenvalue weighted by Crippen LogP contribution is 2.38. The number of unbranched alkanes of at least 4 members (excludes halogenated alkanes) is 2. The molecule has 0 aromatic carbocycles. The van der Waals surface area contributed by atoms with Crippen molar-refractivity contribution in [3.05, 3.63) is 0 Å². The molecule has 2 heteroatoms. The van der Waals surface area contributed by atoms with E-state index in [4.69, 9.17) is 0 Å². The molecule has 1 aliphatic carbocycles. The summed E-state index contributed by atoms with van der Waals surface area (Å²) in [7, 11) is 0. The van der Waals surface area contributed by atoms with Crippen molar-refractivity contribution in [2.24, 2.45) is 17.8 Å². The van der Waals surface area contributed by atoms with Crippen molar-refractivity contribution in [1.29, 1.82) is 0 Å². The molecule has 17 heavy (non-hydrogen) atoms. The summed E-state index contributed by atoms with van der Waals surface area (Å²) in [5.41, 5.74) is 0. The van der Waals surface area contributed by atoms with Crippen LogP contribution in [0.15, 0.2) is 0 Å². The first-order chi connectivity index (χ1) is 8.22. The summed E-state index contributed by atoms with van der Waals surface area (Å²) in [5, 5.41) is 19.8. The van der Waals surface area contributed by atoms with E-state index in [1.54, 1.807) is 0 Å². The van der Waals surface area contributed by atoms with Crippen molar-refractivity contribution < 1.29 is 10.2 Å². The number of aliphatic hydroxyl groups is 2. The summed E-state index contributed by atoms with van der Waals surface area (Å²) in [6.07, 6.45) is 9.03. The Labute approximate surface area is 106 Å². The topological polar surface area (TPSA) is 40.5 Å². The maximum absolute atomic E-state index is 10.4. The Hall–Kier alpha value is -0.0800. The Bertz CT molecular complexity index is 175. The van der Waals surface area contributed by atoms with Gasteiger partial charge in [0.15, 0.2) is 0 Å². The molecule has 1 rings (SSSR count). The van der Waals surface area contributed by atoms with Gasteiger partial charge in [-0.25, -0.2) is 0 Å². The van der Waals surface area contributed by atoms with E-state index in [2.05, 4.69) is 13.8 Å². The molecule has 0 aromatic heterocycles. The van der Waals surface area contributed by atoms with E-state index in [0.29, 0.717) is 24.4 Å². The summed E-state index contributed by atoms with van der Waals surface area (Å²) in [5.74, 6) is 1.30. The molecule has 0 radical (unpaired) electrons. The molecule has 0 bridgehead atoms. The largest absolute Gasteiger partial charge is 0.396 e. The van der Waals surface area contributed by atoms with Gasteiger partial charge in [-0.3, -0.25) is 0 Å². The van der Waals surface area contributed by atoms with E-state index in [-0.39, 0.29) is 6.10 Å². The predicted molar refractivity (Wildman–Crippen MR) is 71.8 cm³/mol. The monoisotopic (exact) mass is 242 g/mol. The van der Waals surface area contributed by atoms with Gasteiger partial charge in [0.25, 0.3) is 0 Å². The highest BCUT2D eigenvalue weighted by Gasteiger charge is 2.35. The van der Waals surface area contributed by atoms with Gasteiger partial charge in [0.05, 0.1) is 6.10 Å². The maximum atomic E-state index is 10.4. The fourth-order valence-electron chi connectivity index (χ4n) is 3.28. The van der Waals surface area contributed by atoms with Crippen LogP contribution in [0.5, 0.6) is 0 Å². The van der Waals surface area contributed by atoms with Gasteiger partial charge in [0.2, 0.25) is 0 Å². The van der Waals surface area contributed by atoms with E-state index in [9.17, 15) is 10.2 Å². The first-order valence-electron chi connectivity index (χ1n) is 7.51. The minimum absolute atomic E-state index is 0.115. The molecular formula is C15H30O2. The van der Waals surface area contributed by atoms with Crippen LogP contribution in [0.2, 0.25) is 0 Å². The lowest BCUT2D eigenvalue weighted by atomic mass is 9.70. The Balaban J connectivity index is 2.51. The van der Waals surface area contributed by atoms with E-state index < -0.39 is 0 Å². The zero-order chi connectivity index (χ0) is 12.7. The van der Waals surface area contributed by atoms with Gasteiger partial charge < -0.3 is 10.2 Å². The second-order valence-electron chi connectivity index (χ2n) is 5.82. The zero-order valence-corrected chi connectivity index (χ0v) is 11.6. The van der Waals surface area contributed by atoms with Gasteiger partial charge in [0.1, 0.15) is 0 Å². The molecule has 2 N–H and O–H groups in total. The number of hydrogen-bond acceptors (Lipinski definition) is 2. The van der Waals surface area contributed by atoms with Gasteiger partial charge in [-0.15, -0.1) is 0 Å². The van der Waals surface area contributed by atoms with Crippen molar-refractivity contribution in [2.75, 3.05) is 6.61 Å². The fraction of sp³-hybridized carbons (Fsp3) is 1.00. The molecule has 2 nitrogen and oxygen atoms in total.